The lowest BCUT2D eigenvalue weighted by Gasteiger charge is -2.27. The first-order valence-electron chi connectivity index (χ1n) is 9.74. The Hall–Kier alpha value is -3.91. The molecule has 0 unspecified atom stereocenters. The summed E-state index contributed by atoms with van der Waals surface area (Å²) < 4.78 is 0. The van der Waals surface area contributed by atoms with Crippen molar-refractivity contribution in [2.45, 2.75) is 0 Å². The van der Waals surface area contributed by atoms with Gasteiger partial charge in [0.15, 0.2) is 0 Å². The molecule has 138 valence electrons. The van der Waals surface area contributed by atoms with Crippen molar-refractivity contribution < 1.29 is 0 Å². The molecule has 0 fully saturated rings. The van der Waals surface area contributed by atoms with Crippen molar-refractivity contribution >= 4 is 27.8 Å². The molecule has 0 aliphatic heterocycles. The number of rotatable bonds is 4. The maximum atomic E-state index is 4.53. The van der Waals surface area contributed by atoms with Crippen molar-refractivity contribution in [3.8, 4) is 11.3 Å². The molecule has 0 aliphatic rings. The van der Waals surface area contributed by atoms with E-state index in [1.165, 1.54) is 10.8 Å². The standard InChI is InChI=1S/C27H20N2/c1-2-13-23(14-3-1)29(27-18-9-11-21-10-4-5-16-25(21)27)24-15-8-12-22(20-24)26-17-6-7-19-28-26/h1-20H. The zero-order chi connectivity index (χ0) is 19.5. The zero-order valence-corrected chi connectivity index (χ0v) is 15.9. The summed E-state index contributed by atoms with van der Waals surface area (Å²) in [4.78, 5) is 6.84. The van der Waals surface area contributed by atoms with E-state index in [9.17, 15) is 0 Å². The Morgan fingerprint density at radius 2 is 1.28 bits per heavy atom. The molecule has 0 N–H and O–H groups in total. The van der Waals surface area contributed by atoms with Crippen LogP contribution in [0.4, 0.5) is 17.1 Å². The van der Waals surface area contributed by atoms with Crippen molar-refractivity contribution in [2.24, 2.45) is 0 Å². The molecule has 0 radical (unpaired) electrons. The molecule has 0 bridgehead atoms. The lowest BCUT2D eigenvalue weighted by Crippen LogP contribution is -2.10. The summed E-state index contributed by atoms with van der Waals surface area (Å²) in [6, 6.07) is 40.1. The first-order chi connectivity index (χ1) is 14.4. The maximum absolute atomic E-state index is 4.53. The molecule has 5 rings (SSSR count). The Morgan fingerprint density at radius 1 is 0.552 bits per heavy atom. The van der Waals surface area contributed by atoms with Gasteiger partial charge in [-0.3, -0.25) is 4.98 Å². The average Bonchev–Trinajstić information content (AvgIpc) is 2.81. The van der Waals surface area contributed by atoms with Crippen LogP contribution in [0, 0.1) is 0 Å². The number of pyridine rings is 1. The van der Waals surface area contributed by atoms with Gasteiger partial charge < -0.3 is 4.90 Å². The van der Waals surface area contributed by atoms with Crippen molar-refractivity contribution in [1.82, 2.24) is 4.98 Å². The van der Waals surface area contributed by atoms with Crippen molar-refractivity contribution in [1.29, 1.82) is 0 Å². The van der Waals surface area contributed by atoms with Gasteiger partial charge in [0, 0.05) is 28.5 Å². The molecule has 4 aromatic carbocycles. The predicted octanol–water partition coefficient (Wildman–Crippen LogP) is 7.37. The second-order valence-electron chi connectivity index (χ2n) is 6.93. The van der Waals surface area contributed by atoms with E-state index in [1.54, 1.807) is 0 Å². The van der Waals surface area contributed by atoms with Crippen LogP contribution in [0.15, 0.2) is 121 Å². The van der Waals surface area contributed by atoms with Crippen LogP contribution in [0.2, 0.25) is 0 Å². The second kappa shape index (κ2) is 7.61. The highest BCUT2D eigenvalue weighted by molar-refractivity contribution is 5.99. The Labute approximate surface area is 170 Å². The van der Waals surface area contributed by atoms with E-state index in [4.69, 9.17) is 0 Å². The first kappa shape index (κ1) is 17.2. The van der Waals surface area contributed by atoms with E-state index in [-0.39, 0.29) is 0 Å². The van der Waals surface area contributed by atoms with Crippen LogP contribution >= 0.6 is 0 Å². The normalized spacial score (nSPS) is 10.8. The molecule has 2 nitrogen and oxygen atoms in total. The van der Waals surface area contributed by atoms with Crippen LogP contribution in [-0.2, 0) is 0 Å². The SMILES string of the molecule is c1ccc(N(c2cccc(-c3ccccn3)c2)c2cccc3ccccc23)cc1. The van der Waals surface area contributed by atoms with E-state index < -0.39 is 0 Å². The fourth-order valence-corrected chi connectivity index (χ4v) is 3.75. The Morgan fingerprint density at radius 3 is 2.14 bits per heavy atom. The van der Waals surface area contributed by atoms with Gasteiger partial charge in [0.25, 0.3) is 0 Å². The number of nitrogens with zero attached hydrogens (tertiary/aromatic N) is 2. The van der Waals surface area contributed by atoms with E-state index in [2.05, 4.69) is 107 Å². The summed E-state index contributed by atoms with van der Waals surface area (Å²) in [5, 5.41) is 2.45. The van der Waals surface area contributed by atoms with E-state index in [0.29, 0.717) is 0 Å². The Balaban J connectivity index is 1.72. The van der Waals surface area contributed by atoms with Gasteiger partial charge in [0.2, 0.25) is 0 Å². The lowest BCUT2D eigenvalue weighted by molar-refractivity contribution is 1.28. The molecule has 0 aliphatic carbocycles. The van der Waals surface area contributed by atoms with Crippen LogP contribution < -0.4 is 4.90 Å². The largest absolute Gasteiger partial charge is 0.310 e. The minimum atomic E-state index is 0.972. The zero-order valence-electron chi connectivity index (χ0n) is 15.9. The third-order valence-corrected chi connectivity index (χ3v) is 5.09. The maximum Gasteiger partial charge on any atom is 0.0702 e. The molecule has 5 aromatic rings. The molecular formula is C27H20N2. The minimum Gasteiger partial charge on any atom is -0.310 e. The van der Waals surface area contributed by atoms with Crippen LogP contribution in [-0.4, -0.2) is 4.98 Å². The number of benzene rings is 4. The second-order valence-corrected chi connectivity index (χ2v) is 6.93. The first-order valence-corrected chi connectivity index (χ1v) is 9.74. The Kier molecular flexibility index (Phi) is 4.51. The van der Waals surface area contributed by atoms with Gasteiger partial charge in [0.05, 0.1) is 11.4 Å². The van der Waals surface area contributed by atoms with Crippen LogP contribution in [0.1, 0.15) is 0 Å². The lowest BCUT2D eigenvalue weighted by atomic mass is 10.1. The highest BCUT2D eigenvalue weighted by atomic mass is 15.1. The highest BCUT2D eigenvalue weighted by Gasteiger charge is 2.15. The van der Waals surface area contributed by atoms with Crippen LogP contribution in [0.5, 0.6) is 0 Å². The van der Waals surface area contributed by atoms with Gasteiger partial charge in [0.1, 0.15) is 0 Å². The Bertz CT molecular complexity index is 1240. The van der Waals surface area contributed by atoms with Gasteiger partial charge >= 0.3 is 0 Å². The predicted molar refractivity (Wildman–Crippen MR) is 122 cm³/mol. The fourth-order valence-electron chi connectivity index (χ4n) is 3.75. The minimum absolute atomic E-state index is 0.972. The van der Waals surface area contributed by atoms with Crippen LogP contribution in [0.25, 0.3) is 22.0 Å². The summed E-state index contributed by atoms with van der Waals surface area (Å²) in [7, 11) is 0. The molecule has 0 atom stereocenters. The van der Waals surface area contributed by atoms with Crippen molar-refractivity contribution in [2.75, 3.05) is 4.90 Å². The quantitative estimate of drug-likeness (QED) is 0.327. The topological polar surface area (TPSA) is 16.1 Å². The summed E-state index contributed by atoms with van der Waals surface area (Å²) >= 11 is 0. The fraction of sp³-hybridized carbons (Fsp3) is 0. The van der Waals surface area contributed by atoms with E-state index in [0.717, 1.165) is 28.3 Å². The van der Waals surface area contributed by atoms with Crippen molar-refractivity contribution in [3.63, 3.8) is 0 Å². The molecule has 0 amide bonds. The third-order valence-electron chi connectivity index (χ3n) is 5.09. The number of anilines is 3. The van der Waals surface area contributed by atoms with Gasteiger partial charge in [-0.15, -0.1) is 0 Å². The van der Waals surface area contributed by atoms with Gasteiger partial charge in [-0.2, -0.15) is 0 Å². The molecule has 0 saturated heterocycles. The average molecular weight is 372 g/mol. The molecule has 1 heterocycles. The molecule has 29 heavy (non-hydrogen) atoms. The number of fused-ring (bicyclic) bond motifs is 1. The highest BCUT2D eigenvalue weighted by Crippen LogP contribution is 2.39. The van der Waals surface area contributed by atoms with Gasteiger partial charge in [-0.05, 0) is 47.9 Å². The molecule has 1 aromatic heterocycles. The van der Waals surface area contributed by atoms with Crippen molar-refractivity contribution in [3.05, 3.63) is 121 Å². The summed E-state index contributed by atoms with van der Waals surface area (Å²) in [5.41, 5.74) is 5.47. The smallest absolute Gasteiger partial charge is 0.0702 e. The number of aromatic nitrogens is 1. The van der Waals surface area contributed by atoms with Crippen LogP contribution in [0.3, 0.4) is 0 Å². The number of para-hydroxylation sites is 1. The van der Waals surface area contributed by atoms with E-state index >= 15 is 0 Å². The molecule has 0 spiro atoms. The monoisotopic (exact) mass is 372 g/mol. The van der Waals surface area contributed by atoms with Gasteiger partial charge in [-0.1, -0.05) is 72.8 Å². The summed E-state index contributed by atoms with van der Waals surface area (Å²) in [6.45, 7) is 0. The number of hydrogen-bond acceptors (Lipinski definition) is 2. The van der Waals surface area contributed by atoms with Gasteiger partial charge in [-0.25, -0.2) is 0 Å². The number of hydrogen-bond donors (Lipinski definition) is 0. The van der Waals surface area contributed by atoms with E-state index in [1.807, 2.05) is 24.4 Å². The molecular weight excluding hydrogens is 352 g/mol. The summed E-state index contributed by atoms with van der Waals surface area (Å²) in [5.74, 6) is 0. The third kappa shape index (κ3) is 3.37. The molecule has 0 saturated carbocycles. The molecule has 2 heteroatoms. The summed E-state index contributed by atoms with van der Waals surface area (Å²) in [6.07, 6.45) is 1.83.